The van der Waals surface area contributed by atoms with E-state index in [1.165, 1.54) is 0 Å². The van der Waals surface area contributed by atoms with E-state index in [2.05, 4.69) is 0 Å². The third kappa shape index (κ3) is 3.41. The molecule has 1 N–H and O–H groups in total. The van der Waals surface area contributed by atoms with Gasteiger partial charge in [0.15, 0.2) is 5.78 Å². The Morgan fingerprint density at radius 2 is 2.10 bits per heavy atom. The lowest BCUT2D eigenvalue weighted by atomic mass is 9.71. The zero-order chi connectivity index (χ0) is 15.5. The maximum Gasteiger partial charge on any atom is 0.176 e. The molecule has 3 nitrogen and oxygen atoms in total. The molecule has 0 spiro atoms. The molecule has 3 heteroatoms. The third-order valence-electron chi connectivity index (χ3n) is 3.96. The van der Waals surface area contributed by atoms with Crippen molar-refractivity contribution in [3.05, 3.63) is 47.6 Å². The van der Waals surface area contributed by atoms with E-state index < -0.39 is 0 Å². The Kier molecular flexibility index (Phi) is 4.28. The summed E-state index contributed by atoms with van der Waals surface area (Å²) in [5, 5.41) is 18.4. The molecule has 0 amide bonds. The average Bonchev–Trinajstić information content (AvgIpc) is 2.49. The average molecular weight is 281 g/mol. The Morgan fingerprint density at radius 3 is 2.67 bits per heavy atom. The van der Waals surface area contributed by atoms with Crippen LogP contribution in [0, 0.1) is 22.7 Å². The van der Waals surface area contributed by atoms with Gasteiger partial charge in [0.25, 0.3) is 0 Å². The molecular formula is C18H19NO2. The van der Waals surface area contributed by atoms with Crippen molar-refractivity contribution in [2.45, 2.75) is 26.7 Å². The molecule has 108 valence electrons. The fourth-order valence-electron chi connectivity index (χ4n) is 2.71. The van der Waals surface area contributed by atoms with Crippen LogP contribution in [0.3, 0.4) is 0 Å². The van der Waals surface area contributed by atoms with Gasteiger partial charge in [-0.3, -0.25) is 4.79 Å². The second-order valence-corrected chi connectivity index (χ2v) is 5.77. The van der Waals surface area contributed by atoms with Gasteiger partial charge < -0.3 is 5.11 Å². The van der Waals surface area contributed by atoms with E-state index in [4.69, 9.17) is 5.26 Å². The highest BCUT2D eigenvalue weighted by Crippen LogP contribution is 2.38. The first-order valence-corrected chi connectivity index (χ1v) is 7.13. The van der Waals surface area contributed by atoms with Crippen molar-refractivity contribution in [1.29, 1.82) is 5.26 Å². The van der Waals surface area contributed by atoms with E-state index in [-0.39, 0.29) is 28.4 Å². The number of phenolic OH excluding ortho intramolecular Hbond substituents is 1. The van der Waals surface area contributed by atoms with Crippen molar-refractivity contribution in [3.63, 3.8) is 0 Å². The van der Waals surface area contributed by atoms with Crippen LogP contribution in [0.15, 0.2) is 42.0 Å². The number of nitriles is 1. The predicted molar refractivity (Wildman–Crippen MR) is 82.3 cm³/mol. The maximum absolute atomic E-state index is 12.0. The monoisotopic (exact) mass is 281 g/mol. The highest BCUT2D eigenvalue weighted by molar-refractivity contribution is 6.01. The summed E-state index contributed by atoms with van der Waals surface area (Å²) in [6.07, 6.45) is 7.25. The minimum Gasteiger partial charge on any atom is -0.508 e. The molecule has 1 aromatic carbocycles. The smallest absolute Gasteiger partial charge is 0.176 e. The Labute approximate surface area is 125 Å². The van der Waals surface area contributed by atoms with Crippen LogP contribution in [0.5, 0.6) is 5.75 Å². The summed E-state index contributed by atoms with van der Waals surface area (Å²) in [6, 6.07) is 8.95. The molecule has 1 aliphatic carbocycles. The summed E-state index contributed by atoms with van der Waals surface area (Å²) < 4.78 is 0. The van der Waals surface area contributed by atoms with E-state index in [1.54, 1.807) is 18.2 Å². The lowest BCUT2D eigenvalue weighted by Gasteiger charge is -2.31. The Hall–Kier alpha value is -2.34. The van der Waals surface area contributed by atoms with Gasteiger partial charge in [-0.2, -0.15) is 5.26 Å². The summed E-state index contributed by atoms with van der Waals surface area (Å²) in [6.45, 7) is 4.02. The number of carbonyl (C=O) groups excluding carboxylic acids is 1. The third-order valence-corrected chi connectivity index (χ3v) is 3.96. The summed E-state index contributed by atoms with van der Waals surface area (Å²) in [4.78, 5) is 12.0. The molecule has 0 aromatic heterocycles. The number of ketones is 1. The molecule has 2 atom stereocenters. The molecule has 0 bridgehead atoms. The van der Waals surface area contributed by atoms with Gasteiger partial charge in [-0.25, -0.2) is 0 Å². The molecule has 1 aliphatic rings. The van der Waals surface area contributed by atoms with Gasteiger partial charge in [-0.15, -0.1) is 0 Å². The Morgan fingerprint density at radius 1 is 1.43 bits per heavy atom. The Balaban J connectivity index is 2.29. The minimum atomic E-state index is -0.294. The van der Waals surface area contributed by atoms with Crippen LogP contribution in [-0.4, -0.2) is 10.9 Å². The second kappa shape index (κ2) is 5.97. The van der Waals surface area contributed by atoms with Gasteiger partial charge >= 0.3 is 0 Å². The summed E-state index contributed by atoms with van der Waals surface area (Å²) in [7, 11) is 0. The molecule has 0 fully saturated rings. The number of rotatable bonds is 3. The van der Waals surface area contributed by atoms with Crippen LogP contribution in [0.2, 0.25) is 0 Å². The topological polar surface area (TPSA) is 61.1 Å². The highest BCUT2D eigenvalue weighted by Gasteiger charge is 2.34. The number of nitrogens with zero attached hydrogens (tertiary/aromatic N) is 1. The van der Waals surface area contributed by atoms with Crippen LogP contribution in [-0.2, 0) is 4.79 Å². The normalized spacial score (nSPS) is 25.7. The molecule has 0 heterocycles. The van der Waals surface area contributed by atoms with Crippen LogP contribution >= 0.6 is 0 Å². The van der Waals surface area contributed by atoms with Gasteiger partial charge in [0.1, 0.15) is 11.8 Å². The molecule has 0 saturated heterocycles. The molecule has 0 radical (unpaired) electrons. The van der Waals surface area contributed by atoms with E-state index in [9.17, 15) is 9.90 Å². The second-order valence-electron chi connectivity index (χ2n) is 5.77. The van der Waals surface area contributed by atoms with E-state index >= 15 is 0 Å². The SMILES string of the molecule is CCC1C[C@@](C)(/C=C/c2ccc(O)cc2)C=C(C#N)C1=O. The van der Waals surface area contributed by atoms with E-state index in [1.807, 2.05) is 44.2 Å². The van der Waals surface area contributed by atoms with E-state index in [0.29, 0.717) is 0 Å². The lowest BCUT2D eigenvalue weighted by molar-refractivity contribution is -0.120. The van der Waals surface area contributed by atoms with Crippen molar-refractivity contribution in [2.24, 2.45) is 11.3 Å². The number of hydrogen-bond acceptors (Lipinski definition) is 3. The number of Topliss-reactive ketones (excluding diaryl/α,β-unsaturated/α-hetero) is 1. The summed E-state index contributed by atoms with van der Waals surface area (Å²) in [5.74, 6) is 0.119. The van der Waals surface area contributed by atoms with Crippen molar-refractivity contribution in [2.75, 3.05) is 0 Å². The zero-order valence-electron chi connectivity index (χ0n) is 12.3. The molecular weight excluding hydrogens is 262 g/mol. The van der Waals surface area contributed by atoms with Crippen LogP contribution in [0.1, 0.15) is 32.3 Å². The number of benzene rings is 1. The summed E-state index contributed by atoms with van der Waals surface area (Å²) in [5.41, 5.74) is 0.953. The minimum absolute atomic E-state index is 0.0319. The molecule has 21 heavy (non-hydrogen) atoms. The van der Waals surface area contributed by atoms with Crippen molar-refractivity contribution < 1.29 is 9.90 Å². The van der Waals surface area contributed by atoms with Gasteiger partial charge in [0.05, 0.1) is 5.57 Å². The number of hydrogen-bond donors (Lipinski definition) is 1. The quantitative estimate of drug-likeness (QED) is 0.915. The van der Waals surface area contributed by atoms with Gasteiger partial charge in [-0.05, 0) is 30.5 Å². The number of carbonyl (C=O) groups is 1. The first kappa shape index (κ1) is 15.1. The summed E-state index contributed by atoms with van der Waals surface area (Å²) >= 11 is 0. The molecule has 0 aliphatic heterocycles. The number of aromatic hydroxyl groups is 1. The van der Waals surface area contributed by atoms with Crippen LogP contribution < -0.4 is 0 Å². The lowest BCUT2D eigenvalue weighted by Crippen LogP contribution is -2.29. The largest absolute Gasteiger partial charge is 0.508 e. The van der Waals surface area contributed by atoms with Gasteiger partial charge in [-0.1, -0.05) is 44.2 Å². The fourth-order valence-corrected chi connectivity index (χ4v) is 2.71. The van der Waals surface area contributed by atoms with Crippen molar-refractivity contribution in [1.82, 2.24) is 0 Å². The van der Waals surface area contributed by atoms with Crippen LogP contribution in [0.25, 0.3) is 6.08 Å². The van der Waals surface area contributed by atoms with Gasteiger partial charge in [0.2, 0.25) is 0 Å². The predicted octanol–water partition coefficient (Wildman–Crippen LogP) is 3.86. The Bertz CT molecular complexity index is 634. The molecule has 0 saturated carbocycles. The van der Waals surface area contributed by atoms with E-state index in [0.717, 1.165) is 18.4 Å². The number of phenols is 1. The van der Waals surface area contributed by atoms with Crippen LogP contribution in [0.4, 0.5) is 0 Å². The maximum atomic E-state index is 12.0. The van der Waals surface area contributed by atoms with Crippen molar-refractivity contribution in [3.8, 4) is 11.8 Å². The highest BCUT2D eigenvalue weighted by atomic mass is 16.3. The number of allylic oxidation sites excluding steroid dienone is 3. The van der Waals surface area contributed by atoms with Crippen molar-refractivity contribution >= 4 is 11.9 Å². The fraction of sp³-hybridized carbons (Fsp3) is 0.333. The first-order valence-electron chi connectivity index (χ1n) is 7.13. The standard InChI is InChI=1S/C18H19NO2/c1-3-14-10-18(2,11-15(12-19)17(14)21)9-8-13-4-6-16(20)7-5-13/h4-9,11,14,20H,3,10H2,1-2H3/b9-8+/t14?,18-/m1/s1. The molecule has 2 rings (SSSR count). The van der Waals surface area contributed by atoms with Gasteiger partial charge in [0, 0.05) is 11.3 Å². The molecule has 1 unspecified atom stereocenters. The molecule has 1 aromatic rings. The zero-order valence-corrected chi connectivity index (χ0v) is 12.3. The first-order chi connectivity index (χ1) is 9.97.